The van der Waals surface area contributed by atoms with Gasteiger partial charge < -0.3 is 10.2 Å². The summed E-state index contributed by atoms with van der Waals surface area (Å²) >= 11 is 0. The molecule has 0 bridgehead atoms. The van der Waals surface area contributed by atoms with Crippen LogP contribution >= 0.6 is 0 Å². The maximum Gasteiger partial charge on any atom is 0.0644 e. The third kappa shape index (κ3) is 4.64. The van der Waals surface area contributed by atoms with Crippen LogP contribution in [0.5, 0.6) is 0 Å². The van der Waals surface area contributed by atoms with Gasteiger partial charge in [-0.25, -0.2) is 0 Å². The largest absolute Gasteiger partial charge is 0.395 e. The van der Waals surface area contributed by atoms with E-state index in [1.165, 1.54) is 5.56 Å². The van der Waals surface area contributed by atoms with Crippen molar-refractivity contribution in [1.82, 2.24) is 4.90 Å². The highest BCUT2D eigenvalue weighted by atomic mass is 16.3. The zero-order valence-electron chi connectivity index (χ0n) is 12.1. The lowest BCUT2D eigenvalue weighted by Crippen LogP contribution is -2.41. The van der Waals surface area contributed by atoms with Crippen LogP contribution in [-0.4, -0.2) is 40.4 Å². The average Bonchev–Trinajstić information content (AvgIpc) is 2.42. The van der Waals surface area contributed by atoms with Crippen LogP contribution in [0.4, 0.5) is 0 Å². The normalized spacial score (nSPS) is 18.4. The molecule has 0 amide bonds. The van der Waals surface area contributed by atoms with E-state index in [9.17, 15) is 5.11 Å². The van der Waals surface area contributed by atoms with Crippen LogP contribution in [-0.2, 0) is 6.54 Å². The van der Waals surface area contributed by atoms with Gasteiger partial charge in [0.1, 0.15) is 0 Å². The van der Waals surface area contributed by atoms with E-state index in [0.29, 0.717) is 6.42 Å². The molecule has 0 aromatic heterocycles. The van der Waals surface area contributed by atoms with Crippen LogP contribution in [0, 0.1) is 11.8 Å². The molecule has 3 nitrogen and oxygen atoms in total. The summed E-state index contributed by atoms with van der Waals surface area (Å²) in [6, 6.07) is 8.24. The minimum absolute atomic E-state index is 0.112. The molecule has 1 heterocycles. The summed E-state index contributed by atoms with van der Waals surface area (Å²) in [5.74, 6) is 6.01. The van der Waals surface area contributed by atoms with E-state index < -0.39 is 5.60 Å². The SMILES string of the molecule is CC1(O)CCN(Cc2cccc(C#CCCO)c2)CC1. The summed E-state index contributed by atoms with van der Waals surface area (Å²) in [7, 11) is 0. The molecular formula is C17H23NO2. The van der Waals surface area contributed by atoms with Crippen molar-refractivity contribution in [2.45, 2.75) is 38.3 Å². The smallest absolute Gasteiger partial charge is 0.0644 e. The number of piperidine rings is 1. The van der Waals surface area contributed by atoms with Crippen LogP contribution in [0.2, 0.25) is 0 Å². The van der Waals surface area contributed by atoms with Crippen molar-refractivity contribution in [1.29, 1.82) is 0 Å². The van der Waals surface area contributed by atoms with Gasteiger partial charge in [-0.1, -0.05) is 24.0 Å². The topological polar surface area (TPSA) is 43.7 Å². The lowest BCUT2D eigenvalue weighted by molar-refractivity contribution is -0.00730. The van der Waals surface area contributed by atoms with Crippen molar-refractivity contribution in [3.8, 4) is 11.8 Å². The fourth-order valence-corrected chi connectivity index (χ4v) is 2.42. The van der Waals surface area contributed by atoms with Gasteiger partial charge >= 0.3 is 0 Å². The molecule has 0 radical (unpaired) electrons. The Balaban J connectivity index is 1.94. The molecule has 0 saturated carbocycles. The van der Waals surface area contributed by atoms with Crippen LogP contribution in [0.3, 0.4) is 0 Å². The molecule has 2 N–H and O–H groups in total. The van der Waals surface area contributed by atoms with Gasteiger partial charge in [0.25, 0.3) is 0 Å². The van der Waals surface area contributed by atoms with Crippen molar-refractivity contribution in [2.75, 3.05) is 19.7 Å². The fraction of sp³-hybridized carbons (Fsp3) is 0.529. The molecule has 2 rings (SSSR count). The predicted octanol–water partition coefficient (Wildman–Crippen LogP) is 1.77. The Morgan fingerprint density at radius 3 is 2.75 bits per heavy atom. The number of hydrogen-bond donors (Lipinski definition) is 2. The van der Waals surface area contributed by atoms with E-state index in [1.807, 2.05) is 19.1 Å². The number of hydrogen-bond acceptors (Lipinski definition) is 3. The summed E-state index contributed by atoms with van der Waals surface area (Å²) in [6.07, 6.45) is 2.19. The average molecular weight is 273 g/mol. The maximum absolute atomic E-state index is 9.96. The highest BCUT2D eigenvalue weighted by Crippen LogP contribution is 2.22. The number of aliphatic hydroxyl groups is 2. The second-order valence-corrected chi connectivity index (χ2v) is 5.75. The Labute approximate surface area is 121 Å². The summed E-state index contributed by atoms with van der Waals surface area (Å²) in [5, 5.41) is 18.7. The quantitative estimate of drug-likeness (QED) is 0.825. The predicted molar refractivity (Wildman–Crippen MR) is 80.2 cm³/mol. The van der Waals surface area contributed by atoms with Crippen LogP contribution in [0.15, 0.2) is 24.3 Å². The van der Waals surface area contributed by atoms with E-state index >= 15 is 0 Å². The third-order valence-corrected chi connectivity index (χ3v) is 3.74. The molecule has 0 spiro atoms. The Hall–Kier alpha value is -1.34. The number of rotatable bonds is 3. The summed E-state index contributed by atoms with van der Waals surface area (Å²) in [6.45, 7) is 4.81. The van der Waals surface area contributed by atoms with Gasteiger partial charge in [-0.2, -0.15) is 0 Å². The van der Waals surface area contributed by atoms with Crippen molar-refractivity contribution in [3.63, 3.8) is 0 Å². The van der Waals surface area contributed by atoms with Crippen molar-refractivity contribution >= 4 is 0 Å². The zero-order valence-corrected chi connectivity index (χ0v) is 12.1. The monoisotopic (exact) mass is 273 g/mol. The Bertz CT molecular complexity index is 489. The Morgan fingerprint density at radius 1 is 1.30 bits per heavy atom. The summed E-state index contributed by atoms with van der Waals surface area (Å²) in [4.78, 5) is 2.37. The van der Waals surface area contributed by atoms with Crippen LogP contribution in [0.1, 0.15) is 37.3 Å². The van der Waals surface area contributed by atoms with E-state index in [1.54, 1.807) is 0 Å². The molecule has 1 saturated heterocycles. The number of likely N-dealkylation sites (tertiary alicyclic amines) is 1. The van der Waals surface area contributed by atoms with Gasteiger partial charge in [-0.05, 0) is 37.5 Å². The Kier molecular flexibility index (Phi) is 5.19. The first-order valence-electron chi connectivity index (χ1n) is 7.22. The molecule has 1 aromatic carbocycles. The van der Waals surface area contributed by atoms with Gasteiger partial charge in [-0.15, -0.1) is 0 Å². The van der Waals surface area contributed by atoms with Gasteiger partial charge in [0.05, 0.1) is 12.2 Å². The molecule has 108 valence electrons. The standard InChI is InChI=1S/C17H23NO2/c1-17(20)8-10-18(11-9-17)14-16-7-4-6-15(13-16)5-2-3-12-19/h4,6-7,13,19-20H,3,8-12,14H2,1H3. The van der Waals surface area contributed by atoms with E-state index in [2.05, 4.69) is 28.9 Å². The van der Waals surface area contributed by atoms with E-state index in [4.69, 9.17) is 5.11 Å². The lowest BCUT2D eigenvalue weighted by Gasteiger charge is -2.35. The maximum atomic E-state index is 9.96. The highest BCUT2D eigenvalue weighted by molar-refractivity contribution is 5.37. The van der Waals surface area contributed by atoms with Gasteiger partial charge in [0, 0.05) is 31.6 Å². The second-order valence-electron chi connectivity index (χ2n) is 5.75. The summed E-state index contributed by atoms with van der Waals surface area (Å²) < 4.78 is 0. The zero-order chi connectivity index (χ0) is 14.4. The highest BCUT2D eigenvalue weighted by Gasteiger charge is 2.26. The molecule has 0 unspecified atom stereocenters. The summed E-state index contributed by atoms with van der Waals surface area (Å²) in [5.41, 5.74) is 1.76. The van der Waals surface area contributed by atoms with Crippen molar-refractivity contribution < 1.29 is 10.2 Å². The van der Waals surface area contributed by atoms with Gasteiger partial charge in [-0.3, -0.25) is 4.90 Å². The molecule has 20 heavy (non-hydrogen) atoms. The molecule has 3 heteroatoms. The van der Waals surface area contributed by atoms with Crippen molar-refractivity contribution in [2.24, 2.45) is 0 Å². The molecule has 1 aliphatic heterocycles. The second kappa shape index (κ2) is 6.90. The molecule has 1 fully saturated rings. The minimum Gasteiger partial charge on any atom is -0.395 e. The first-order chi connectivity index (χ1) is 9.59. The minimum atomic E-state index is -0.492. The molecule has 1 aliphatic rings. The van der Waals surface area contributed by atoms with E-state index in [-0.39, 0.29) is 6.61 Å². The molecule has 0 atom stereocenters. The lowest BCUT2D eigenvalue weighted by atomic mass is 9.93. The van der Waals surface area contributed by atoms with Crippen LogP contribution < -0.4 is 0 Å². The molecule has 1 aromatic rings. The third-order valence-electron chi connectivity index (χ3n) is 3.74. The molecule has 0 aliphatic carbocycles. The number of nitrogens with zero attached hydrogens (tertiary/aromatic N) is 1. The van der Waals surface area contributed by atoms with Gasteiger partial charge in [0.2, 0.25) is 0 Å². The fourth-order valence-electron chi connectivity index (χ4n) is 2.42. The van der Waals surface area contributed by atoms with Crippen molar-refractivity contribution in [3.05, 3.63) is 35.4 Å². The number of benzene rings is 1. The Morgan fingerprint density at radius 2 is 2.05 bits per heavy atom. The first kappa shape index (κ1) is 15.1. The van der Waals surface area contributed by atoms with Gasteiger partial charge in [0.15, 0.2) is 0 Å². The first-order valence-corrected chi connectivity index (χ1v) is 7.22. The number of aliphatic hydroxyl groups excluding tert-OH is 1. The van der Waals surface area contributed by atoms with Crippen LogP contribution in [0.25, 0.3) is 0 Å². The molecular weight excluding hydrogens is 250 g/mol. The van der Waals surface area contributed by atoms with E-state index in [0.717, 1.165) is 38.0 Å².